The molecule has 2 bridgehead atoms. The van der Waals surface area contributed by atoms with E-state index in [1.807, 2.05) is 0 Å². The molecule has 4 unspecified atom stereocenters. The van der Waals surface area contributed by atoms with Gasteiger partial charge in [0.15, 0.2) is 0 Å². The molecule has 1 N–H and O–H groups in total. The molecule has 2 nitrogen and oxygen atoms in total. The van der Waals surface area contributed by atoms with Crippen LogP contribution in [0.3, 0.4) is 0 Å². The molecule has 3 saturated heterocycles. The van der Waals surface area contributed by atoms with Crippen molar-refractivity contribution < 1.29 is 4.74 Å². The molecule has 3 fully saturated rings. The molecule has 0 aromatic rings. The molecule has 3 rings (SSSR count). The van der Waals surface area contributed by atoms with E-state index < -0.39 is 0 Å². The molecule has 3 aliphatic heterocycles. The molecule has 0 amide bonds. The molecule has 0 aromatic heterocycles. The molecule has 9 heavy (non-hydrogen) atoms. The van der Waals surface area contributed by atoms with Gasteiger partial charge in [-0.15, -0.1) is 0 Å². The maximum absolute atomic E-state index is 5.46. The maximum atomic E-state index is 5.46. The zero-order valence-electron chi connectivity index (χ0n) is 5.34. The number of hydrogen-bond acceptors (Lipinski definition) is 2. The van der Waals surface area contributed by atoms with E-state index in [1.165, 1.54) is 19.3 Å². The van der Waals surface area contributed by atoms with Gasteiger partial charge in [-0.2, -0.15) is 0 Å². The van der Waals surface area contributed by atoms with E-state index in [4.69, 9.17) is 4.74 Å². The van der Waals surface area contributed by atoms with Gasteiger partial charge in [-0.1, -0.05) is 6.42 Å². The van der Waals surface area contributed by atoms with Gasteiger partial charge < -0.3 is 10.1 Å². The van der Waals surface area contributed by atoms with Crippen molar-refractivity contribution in [3.05, 3.63) is 0 Å². The van der Waals surface area contributed by atoms with E-state index in [2.05, 4.69) is 5.32 Å². The first-order chi connectivity index (χ1) is 4.45. The summed E-state index contributed by atoms with van der Waals surface area (Å²) in [6, 6.07) is 1.46. The molecule has 0 spiro atoms. The van der Waals surface area contributed by atoms with E-state index in [-0.39, 0.29) is 0 Å². The van der Waals surface area contributed by atoms with Gasteiger partial charge in [0.25, 0.3) is 0 Å². The Hall–Kier alpha value is -0.0800. The van der Waals surface area contributed by atoms with Crippen molar-refractivity contribution in [2.45, 2.75) is 43.6 Å². The van der Waals surface area contributed by atoms with Gasteiger partial charge >= 0.3 is 0 Å². The van der Waals surface area contributed by atoms with Crippen LogP contribution in [0.5, 0.6) is 0 Å². The Morgan fingerprint density at radius 2 is 1.78 bits per heavy atom. The second-order valence-electron chi connectivity index (χ2n) is 3.38. The SMILES string of the molecule is C1CC2NC(C1)C1OC21. The lowest BCUT2D eigenvalue weighted by Crippen LogP contribution is -2.39. The highest BCUT2D eigenvalue weighted by Crippen LogP contribution is 2.41. The summed E-state index contributed by atoms with van der Waals surface area (Å²) in [5, 5.41) is 3.56. The average molecular weight is 125 g/mol. The van der Waals surface area contributed by atoms with Crippen LogP contribution in [0, 0.1) is 0 Å². The van der Waals surface area contributed by atoms with Crippen LogP contribution in [0.15, 0.2) is 0 Å². The lowest BCUT2D eigenvalue weighted by molar-refractivity contribution is 0.208. The van der Waals surface area contributed by atoms with Crippen LogP contribution in [0.1, 0.15) is 19.3 Å². The van der Waals surface area contributed by atoms with E-state index in [0.717, 1.165) is 12.1 Å². The molecule has 0 saturated carbocycles. The average Bonchev–Trinajstić information content (AvgIpc) is 2.62. The summed E-state index contributed by atoms with van der Waals surface area (Å²) in [4.78, 5) is 0. The molecular weight excluding hydrogens is 114 g/mol. The third kappa shape index (κ3) is 0.485. The van der Waals surface area contributed by atoms with Crippen LogP contribution in [-0.2, 0) is 4.74 Å². The quantitative estimate of drug-likeness (QED) is 0.470. The molecule has 2 heteroatoms. The second-order valence-corrected chi connectivity index (χ2v) is 3.38. The Labute approximate surface area is 54.6 Å². The van der Waals surface area contributed by atoms with Crippen LogP contribution in [0.4, 0.5) is 0 Å². The van der Waals surface area contributed by atoms with E-state index in [0.29, 0.717) is 12.2 Å². The van der Waals surface area contributed by atoms with Crippen molar-refractivity contribution in [1.82, 2.24) is 5.32 Å². The predicted molar refractivity (Wildman–Crippen MR) is 33.2 cm³/mol. The minimum atomic E-state index is 0.623. The third-order valence-electron chi connectivity index (χ3n) is 2.81. The van der Waals surface area contributed by atoms with Crippen LogP contribution >= 0.6 is 0 Å². The summed E-state index contributed by atoms with van der Waals surface area (Å²) >= 11 is 0. The monoisotopic (exact) mass is 125 g/mol. The first kappa shape index (κ1) is 4.69. The molecule has 3 heterocycles. The van der Waals surface area contributed by atoms with Gasteiger partial charge in [0, 0.05) is 12.1 Å². The highest BCUT2D eigenvalue weighted by Gasteiger charge is 2.57. The highest BCUT2D eigenvalue weighted by molar-refractivity contribution is 5.11. The summed E-state index contributed by atoms with van der Waals surface area (Å²) in [5.41, 5.74) is 0. The minimum Gasteiger partial charge on any atom is -0.366 e. The van der Waals surface area contributed by atoms with E-state index >= 15 is 0 Å². The molecule has 3 aliphatic rings. The normalized spacial score (nSPS) is 61.3. The van der Waals surface area contributed by atoms with Crippen molar-refractivity contribution in [2.24, 2.45) is 0 Å². The molecule has 50 valence electrons. The minimum absolute atomic E-state index is 0.623. The number of rotatable bonds is 0. The molecule has 0 aliphatic carbocycles. The van der Waals surface area contributed by atoms with Gasteiger partial charge in [0.05, 0.1) is 0 Å². The number of epoxide rings is 1. The standard InChI is InChI=1S/C7H11NO/c1-2-4-6-7(9-6)5(3-1)8-4/h4-8H,1-3H2. The van der Waals surface area contributed by atoms with Gasteiger partial charge in [0.1, 0.15) is 12.2 Å². The number of morpholine rings is 1. The Morgan fingerprint density at radius 1 is 1.11 bits per heavy atom. The summed E-state index contributed by atoms with van der Waals surface area (Å²) in [6.07, 6.45) is 5.35. The van der Waals surface area contributed by atoms with E-state index in [1.54, 1.807) is 0 Å². The van der Waals surface area contributed by atoms with Crippen molar-refractivity contribution in [3.63, 3.8) is 0 Å². The van der Waals surface area contributed by atoms with Crippen LogP contribution < -0.4 is 5.32 Å². The zero-order chi connectivity index (χ0) is 5.84. The van der Waals surface area contributed by atoms with Crippen molar-refractivity contribution in [3.8, 4) is 0 Å². The first-order valence-corrected chi connectivity index (χ1v) is 3.87. The van der Waals surface area contributed by atoms with Gasteiger partial charge in [-0.25, -0.2) is 0 Å². The lowest BCUT2D eigenvalue weighted by Gasteiger charge is -2.23. The van der Waals surface area contributed by atoms with Gasteiger partial charge in [-0.05, 0) is 12.8 Å². The van der Waals surface area contributed by atoms with Crippen molar-refractivity contribution in [1.29, 1.82) is 0 Å². The van der Waals surface area contributed by atoms with E-state index in [9.17, 15) is 0 Å². The van der Waals surface area contributed by atoms with Crippen LogP contribution in [0.2, 0.25) is 0 Å². The number of nitrogens with one attached hydrogen (secondary N) is 1. The van der Waals surface area contributed by atoms with Crippen LogP contribution in [-0.4, -0.2) is 24.3 Å². The Balaban J connectivity index is 1.92. The third-order valence-corrected chi connectivity index (χ3v) is 2.81. The topological polar surface area (TPSA) is 24.6 Å². The summed E-state index contributed by atoms with van der Waals surface area (Å²) in [6.45, 7) is 0. The maximum Gasteiger partial charge on any atom is 0.101 e. The fraction of sp³-hybridized carbons (Fsp3) is 1.00. The number of piperidine rings is 1. The summed E-state index contributed by atoms with van der Waals surface area (Å²) in [5.74, 6) is 0. The molecule has 0 aromatic carbocycles. The van der Waals surface area contributed by atoms with Crippen molar-refractivity contribution >= 4 is 0 Å². The largest absolute Gasteiger partial charge is 0.366 e. The second kappa shape index (κ2) is 1.32. The van der Waals surface area contributed by atoms with Gasteiger partial charge in [0.2, 0.25) is 0 Å². The summed E-state index contributed by atoms with van der Waals surface area (Å²) < 4.78 is 5.46. The molecule has 0 radical (unpaired) electrons. The fourth-order valence-corrected chi connectivity index (χ4v) is 2.30. The molecule has 4 atom stereocenters. The van der Waals surface area contributed by atoms with Crippen molar-refractivity contribution in [2.75, 3.05) is 0 Å². The number of hydrogen-bond donors (Lipinski definition) is 1. The fourth-order valence-electron chi connectivity index (χ4n) is 2.30. The Kier molecular flexibility index (Phi) is 0.691. The number of ether oxygens (including phenoxy) is 1. The Bertz CT molecular complexity index is 134. The van der Waals surface area contributed by atoms with Crippen LogP contribution in [0.25, 0.3) is 0 Å². The number of fused-ring (bicyclic) bond motifs is 5. The first-order valence-electron chi connectivity index (χ1n) is 3.87. The zero-order valence-corrected chi connectivity index (χ0v) is 5.34. The summed E-state index contributed by atoms with van der Waals surface area (Å²) in [7, 11) is 0. The van der Waals surface area contributed by atoms with Gasteiger partial charge in [-0.3, -0.25) is 0 Å². The lowest BCUT2D eigenvalue weighted by atomic mass is 10.1. The molecular formula is C7H11NO. The Morgan fingerprint density at radius 3 is 2.33 bits per heavy atom. The smallest absolute Gasteiger partial charge is 0.101 e. The predicted octanol–water partition coefficient (Wildman–Crippen LogP) is 0.278. The highest BCUT2D eigenvalue weighted by atomic mass is 16.6.